The summed E-state index contributed by atoms with van der Waals surface area (Å²) in [7, 11) is 0. The van der Waals surface area contributed by atoms with Gasteiger partial charge in [0.1, 0.15) is 28.4 Å². The highest BCUT2D eigenvalue weighted by atomic mass is 19.4. The van der Waals surface area contributed by atoms with Crippen LogP contribution in [0.5, 0.6) is 0 Å². The first-order valence-electron chi connectivity index (χ1n) is 9.17. The number of anilines is 2. The van der Waals surface area contributed by atoms with Gasteiger partial charge in [0, 0.05) is 12.4 Å². The van der Waals surface area contributed by atoms with Gasteiger partial charge in [0.2, 0.25) is 0 Å². The van der Waals surface area contributed by atoms with Crippen LogP contribution in [-0.4, -0.2) is 36.0 Å². The lowest BCUT2D eigenvalue weighted by Gasteiger charge is -2.13. The van der Waals surface area contributed by atoms with Crippen molar-refractivity contribution in [3.05, 3.63) is 65.7 Å². The number of carbonyl (C=O) groups is 1. The molecule has 174 valence electrons. The van der Waals surface area contributed by atoms with Gasteiger partial charge in [0.15, 0.2) is 5.65 Å². The molecule has 0 unspecified atom stereocenters. The maximum atomic E-state index is 13.5. The lowest BCUT2D eigenvalue weighted by Crippen LogP contribution is -2.12. The standard InChI is InChI=1S/C20H10F6N6O2/c21-19(22,23)9-1-4-14(28-7-9)30-11-5-6-27-17-16(11)29-8-13(32-17)15-10(20(24,25)26)2-3-12(31-15)18(33)34/h1-8H,(H,33,34)(H,27,28,30,32). The highest BCUT2D eigenvalue weighted by Crippen LogP contribution is 2.36. The van der Waals surface area contributed by atoms with E-state index in [1.165, 1.54) is 12.3 Å². The molecule has 4 heterocycles. The van der Waals surface area contributed by atoms with Crippen LogP contribution in [-0.2, 0) is 12.4 Å². The third kappa shape index (κ3) is 4.55. The third-order valence-corrected chi connectivity index (χ3v) is 4.46. The van der Waals surface area contributed by atoms with E-state index in [1.54, 1.807) is 0 Å². The number of aromatic carboxylic acids is 1. The predicted octanol–water partition coefficient (Wildman–Crippen LogP) is 4.96. The molecular formula is C20H10F6N6O2. The summed E-state index contributed by atoms with van der Waals surface area (Å²) < 4.78 is 78.5. The van der Waals surface area contributed by atoms with E-state index >= 15 is 0 Å². The maximum absolute atomic E-state index is 13.5. The number of nitrogens with one attached hydrogen (secondary N) is 1. The summed E-state index contributed by atoms with van der Waals surface area (Å²) >= 11 is 0. The molecule has 0 fully saturated rings. The fourth-order valence-corrected chi connectivity index (χ4v) is 2.91. The average molecular weight is 480 g/mol. The minimum Gasteiger partial charge on any atom is -0.477 e. The molecule has 0 bridgehead atoms. The van der Waals surface area contributed by atoms with E-state index in [4.69, 9.17) is 5.11 Å². The fourth-order valence-electron chi connectivity index (χ4n) is 2.91. The van der Waals surface area contributed by atoms with Crippen LogP contribution in [0.1, 0.15) is 21.6 Å². The lowest BCUT2D eigenvalue weighted by atomic mass is 10.1. The first-order chi connectivity index (χ1) is 15.9. The zero-order chi connectivity index (χ0) is 24.7. The van der Waals surface area contributed by atoms with Crippen molar-refractivity contribution in [3.8, 4) is 11.4 Å². The Morgan fingerprint density at radius 2 is 1.62 bits per heavy atom. The van der Waals surface area contributed by atoms with Gasteiger partial charge in [-0.05, 0) is 30.3 Å². The van der Waals surface area contributed by atoms with Gasteiger partial charge in [-0.15, -0.1) is 0 Å². The molecule has 4 aromatic rings. The molecule has 14 heteroatoms. The summed E-state index contributed by atoms with van der Waals surface area (Å²) in [5.41, 5.74) is -3.72. The van der Waals surface area contributed by atoms with Crippen molar-refractivity contribution >= 4 is 28.6 Å². The quantitative estimate of drug-likeness (QED) is 0.394. The number of rotatable bonds is 4. The normalized spacial score (nSPS) is 12.1. The average Bonchev–Trinajstić information content (AvgIpc) is 2.77. The molecule has 0 aliphatic carbocycles. The molecule has 0 aromatic carbocycles. The predicted molar refractivity (Wildman–Crippen MR) is 105 cm³/mol. The van der Waals surface area contributed by atoms with Crippen molar-refractivity contribution in [1.29, 1.82) is 0 Å². The first-order valence-corrected chi connectivity index (χ1v) is 9.17. The van der Waals surface area contributed by atoms with Crippen LogP contribution in [0.4, 0.5) is 37.8 Å². The molecule has 0 aliphatic rings. The van der Waals surface area contributed by atoms with E-state index in [1.807, 2.05) is 0 Å². The Morgan fingerprint density at radius 1 is 0.853 bits per heavy atom. The first kappa shape index (κ1) is 22.8. The number of nitrogens with zero attached hydrogens (tertiary/aromatic N) is 5. The van der Waals surface area contributed by atoms with Gasteiger partial charge in [-0.2, -0.15) is 26.3 Å². The summed E-state index contributed by atoms with van der Waals surface area (Å²) in [5, 5.41) is 11.8. The monoisotopic (exact) mass is 480 g/mol. The highest BCUT2D eigenvalue weighted by molar-refractivity contribution is 5.88. The molecule has 0 radical (unpaired) electrons. The van der Waals surface area contributed by atoms with Gasteiger partial charge >= 0.3 is 18.3 Å². The van der Waals surface area contributed by atoms with Gasteiger partial charge in [0.05, 0.1) is 23.0 Å². The maximum Gasteiger partial charge on any atom is 0.418 e. The highest BCUT2D eigenvalue weighted by Gasteiger charge is 2.36. The van der Waals surface area contributed by atoms with Gasteiger partial charge < -0.3 is 10.4 Å². The zero-order valence-corrected chi connectivity index (χ0v) is 16.5. The van der Waals surface area contributed by atoms with Crippen LogP contribution in [0.2, 0.25) is 0 Å². The van der Waals surface area contributed by atoms with E-state index in [0.717, 1.165) is 24.4 Å². The van der Waals surface area contributed by atoms with Crippen molar-refractivity contribution in [3.63, 3.8) is 0 Å². The Labute approximate surface area is 185 Å². The van der Waals surface area contributed by atoms with Crippen LogP contribution in [0.3, 0.4) is 0 Å². The second-order valence-electron chi connectivity index (χ2n) is 6.74. The van der Waals surface area contributed by atoms with Crippen molar-refractivity contribution in [2.45, 2.75) is 12.4 Å². The summed E-state index contributed by atoms with van der Waals surface area (Å²) in [6, 6.07) is 4.64. The molecule has 4 rings (SSSR count). The molecule has 0 aliphatic heterocycles. The van der Waals surface area contributed by atoms with Crippen LogP contribution in [0, 0.1) is 0 Å². The molecule has 8 nitrogen and oxygen atoms in total. The third-order valence-electron chi connectivity index (χ3n) is 4.46. The second-order valence-corrected chi connectivity index (χ2v) is 6.74. The number of carboxylic acid groups (broad SMARTS) is 1. The van der Waals surface area contributed by atoms with E-state index < -0.39 is 40.8 Å². The number of alkyl halides is 6. The number of aromatic nitrogens is 5. The largest absolute Gasteiger partial charge is 0.477 e. The molecule has 0 saturated heterocycles. The molecule has 0 amide bonds. The van der Waals surface area contributed by atoms with E-state index in [-0.39, 0.29) is 28.4 Å². The Hall–Kier alpha value is -4.36. The molecule has 4 aromatic heterocycles. The molecule has 2 N–H and O–H groups in total. The summed E-state index contributed by atoms with van der Waals surface area (Å²) in [6.07, 6.45) is -6.56. The van der Waals surface area contributed by atoms with Crippen LogP contribution >= 0.6 is 0 Å². The summed E-state index contributed by atoms with van der Waals surface area (Å²) in [5.74, 6) is -1.49. The Morgan fingerprint density at radius 3 is 2.24 bits per heavy atom. The molecular weight excluding hydrogens is 470 g/mol. The second kappa shape index (κ2) is 8.20. The van der Waals surface area contributed by atoms with E-state index in [2.05, 4.69) is 30.2 Å². The molecule has 0 saturated carbocycles. The number of carboxylic acids is 1. The number of hydrogen-bond donors (Lipinski definition) is 2. The Bertz CT molecular complexity index is 1390. The van der Waals surface area contributed by atoms with Crippen LogP contribution in [0.15, 0.2) is 48.9 Å². The SMILES string of the molecule is O=C(O)c1ccc(C(F)(F)F)c(-c2cnc3c(Nc4ccc(C(F)(F)F)cn4)ccnc3n2)n1. The van der Waals surface area contributed by atoms with E-state index in [9.17, 15) is 31.1 Å². The van der Waals surface area contributed by atoms with Crippen molar-refractivity contribution in [2.75, 3.05) is 5.32 Å². The van der Waals surface area contributed by atoms with Gasteiger partial charge in [-0.3, -0.25) is 0 Å². The lowest BCUT2D eigenvalue weighted by molar-refractivity contribution is -0.138. The minimum absolute atomic E-state index is 0.0431. The van der Waals surface area contributed by atoms with Crippen molar-refractivity contribution in [1.82, 2.24) is 24.9 Å². The zero-order valence-electron chi connectivity index (χ0n) is 16.5. The molecule has 34 heavy (non-hydrogen) atoms. The number of hydrogen-bond acceptors (Lipinski definition) is 7. The molecule has 0 atom stereocenters. The Balaban J connectivity index is 1.75. The molecule has 0 spiro atoms. The van der Waals surface area contributed by atoms with Gasteiger partial charge in [-0.1, -0.05) is 0 Å². The summed E-state index contributed by atoms with van der Waals surface area (Å²) in [4.78, 5) is 30.5. The van der Waals surface area contributed by atoms with Crippen molar-refractivity contribution in [2.24, 2.45) is 0 Å². The number of fused-ring (bicyclic) bond motifs is 1. The van der Waals surface area contributed by atoms with Crippen molar-refractivity contribution < 1.29 is 36.2 Å². The minimum atomic E-state index is -4.85. The van der Waals surface area contributed by atoms with Gasteiger partial charge in [0.25, 0.3) is 0 Å². The number of halogens is 6. The van der Waals surface area contributed by atoms with Crippen LogP contribution in [0.25, 0.3) is 22.6 Å². The fraction of sp³-hybridized carbons (Fsp3) is 0.100. The number of pyridine rings is 3. The van der Waals surface area contributed by atoms with Crippen LogP contribution < -0.4 is 5.32 Å². The Kier molecular flexibility index (Phi) is 5.51. The van der Waals surface area contributed by atoms with E-state index in [0.29, 0.717) is 12.3 Å². The van der Waals surface area contributed by atoms with Gasteiger partial charge in [-0.25, -0.2) is 29.7 Å². The summed E-state index contributed by atoms with van der Waals surface area (Å²) in [6.45, 7) is 0. The smallest absolute Gasteiger partial charge is 0.418 e. The topological polar surface area (TPSA) is 114 Å².